The Morgan fingerprint density at radius 3 is 2.04 bits per heavy atom. The molecule has 0 spiro atoms. The van der Waals surface area contributed by atoms with Crippen molar-refractivity contribution in [3.05, 3.63) is 53.1 Å². The fourth-order valence-electron chi connectivity index (χ4n) is 8.33. The smallest absolute Gasteiger partial charge is 0.233 e. The van der Waals surface area contributed by atoms with Gasteiger partial charge >= 0.3 is 0 Å². The summed E-state index contributed by atoms with van der Waals surface area (Å²) in [5.74, 6) is 8.34. The molecule has 0 saturated heterocycles. The summed E-state index contributed by atoms with van der Waals surface area (Å²) in [5.41, 5.74) is 3.44. The SMILES string of the molecule is COc1ccc(CO[C@H]2C[C@H]3C(C)=CC[C@H](C(C)C)[C@H]3/C=C(\CO[Si](C(C)C)(C(C)C)C(C)C)C(=O)C#C[C@]2(C)O[Si](C)(C)C)cc1. The van der Waals surface area contributed by atoms with Crippen LogP contribution < -0.4 is 4.74 Å². The second kappa shape index (κ2) is 16.2. The number of hydrogen-bond donors (Lipinski definition) is 0. The van der Waals surface area contributed by atoms with Gasteiger partial charge in [0.15, 0.2) is 8.32 Å². The number of ether oxygens (including phenoxy) is 2. The van der Waals surface area contributed by atoms with Gasteiger partial charge in [-0.2, -0.15) is 0 Å². The summed E-state index contributed by atoms with van der Waals surface area (Å²) in [5, 5.41) is 0. The van der Waals surface area contributed by atoms with Gasteiger partial charge in [-0.3, -0.25) is 4.79 Å². The third kappa shape index (κ3) is 9.60. The lowest BCUT2D eigenvalue weighted by molar-refractivity contribution is -0.111. The molecule has 2 aliphatic carbocycles. The van der Waals surface area contributed by atoms with Crippen LogP contribution in [0.1, 0.15) is 87.6 Å². The Kier molecular flexibility index (Phi) is 13.6. The third-order valence-electron chi connectivity index (χ3n) is 10.6. The van der Waals surface area contributed by atoms with Gasteiger partial charge < -0.3 is 18.3 Å². The highest BCUT2D eigenvalue weighted by Gasteiger charge is 2.47. The highest BCUT2D eigenvalue weighted by atomic mass is 28.4. The number of Topliss-reactive ketones (excluding diaryl/α,β-unsaturated/α-hetero) is 1. The van der Waals surface area contributed by atoms with Crippen LogP contribution in [0.15, 0.2) is 47.6 Å². The lowest BCUT2D eigenvalue weighted by Gasteiger charge is -2.44. The monoisotopic (exact) mass is 680 g/mol. The Hall–Kier alpha value is -1.96. The number of ketones is 1. The molecule has 5 nitrogen and oxygen atoms in total. The van der Waals surface area contributed by atoms with Crippen LogP contribution in [-0.4, -0.2) is 47.8 Å². The molecule has 7 heteroatoms. The molecular weight excluding hydrogens is 617 g/mol. The highest BCUT2D eigenvalue weighted by molar-refractivity contribution is 6.77. The zero-order chi connectivity index (χ0) is 35.3. The van der Waals surface area contributed by atoms with Gasteiger partial charge in [-0.1, -0.05) is 91.2 Å². The molecule has 262 valence electrons. The molecule has 2 aliphatic rings. The minimum absolute atomic E-state index is 0.154. The molecule has 0 heterocycles. The number of rotatable bonds is 13. The topological polar surface area (TPSA) is 54.0 Å². The Morgan fingerprint density at radius 2 is 1.53 bits per heavy atom. The molecular formula is C40H64O5Si2. The first-order chi connectivity index (χ1) is 21.8. The number of allylic oxidation sites excluding steroid dienone is 3. The van der Waals surface area contributed by atoms with E-state index in [1.54, 1.807) is 7.11 Å². The summed E-state index contributed by atoms with van der Waals surface area (Å²) in [7, 11) is -2.65. The van der Waals surface area contributed by atoms with Crippen molar-refractivity contribution in [2.24, 2.45) is 23.7 Å². The predicted octanol–water partition coefficient (Wildman–Crippen LogP) is 10.1. The molecule has 0 N–H and O–H groups in total. The molecule has 1 aromatic carbocycles. The Bertz CT molecular complexity index is 1300. The Balaban J connectivity index is 2.16. The van der Waals surface area contributed by atoms with Crippen LogP contribution in [0.5, 0.6) is 5.75 Å². The van der Waals surface area contributed by atoms with Gasteiger partial charge in [0.05, 0.1) is 26.4 Å². The van der Waals surface area contributed by atoms with E-state index in [-0.39, 0.29) is 23.7 Å². The van der Waals surface area contributed by atoms with Crippen molar-refractivity contribution in [2.45, 2.75) is 137 Å². The number of carbonyl (C=O) groups is 1. The zero-order valence-corrected chi connectivity index (χ0v) is 34.0. The number of methoxy groups -OCH3 is 1. The average molecular weight is 681 g/mol. The molecule has 0 bridgehead atoms. The summed E-state index contributed by atoms with van der Waals surface area (Å²) in [6.45, 7) is 29.9. The second-order valence-corrected chi connectivity index (χ2v) is 26.2. The highest BCUT2D eigenvalue weighted by Crippen LogP contribution is 2.46. The van der Waals surface area contributed by atoms with Crippen LogP contribution in [0, 0.1) is 35.5 Å². The molecule has 0 saturated carbocycles. The van der Waals surface area contributed by atoms with Crippen molar-refractivity contribution in [1.82, 2.24) is 0 Å². The standard InChI is InChI=1S/C40H64O5Si2/c1-27(2)35-20-15-31(9)36-24-39(43-25-32-16-18-34(42-11)19-17-32)40(10,45-46(12,13)14)22-21-38(41)33(23-37(35)36)26-44-47(28(3)4,29(5)6)30(7)8/h15-19,23,27-30,35-37,39H,20,24-26H2,1-14H3/b33-23+/t35-,36+,37-,39+,40+/m1/s1. The first-order valence-corrected chi connectivity index (χ1v) is 23.4. The van der Waals surface area contributed by atoms with Gasteiger partial charge in [-0.15, -0.1) is 0 Å². The van der Waals surface area contributed by atoms with Crippen molar-refractivity contribution < 1.29 is 23.1 Å². The number of hydrogen-bond acceptors (Lipinski definition) is 5. The molecule has 1 aromatic rings. The van der Waals surface area contributed by atoms with E-state index in [2.05, 4.69) is 106 Å². The molecule has 0 radical (unpaired) electrons. The largest absolute Gasteiger partial charge is 0.497 e. The van der Waals surface area contributed by atoms with E-state index in [1.807, 2.05) is 31.2 Å². The van der Waals surface area contributed by atoms with Gasteiger partial charge in [0, 0.05) is 5.57 Å². The number of fused-ring (bicyclic) bond motifs is 1. The zero-order valence-electron chi connectivity index (χ0n) is 32.0. The third-order valence-corrected chi connectivity index (χ3v) is 17.7. The first-order valence-electron chi connectivity index (χ1n) is 17.9. The van der Waals surface area contributed by atoms with Crippen molar-refractivity contribution in [3.63, 3.8) is 0 Å². The van der Waals surface area contributed by atoms with Crippen LogP contribution in [-0.2, 0) is 25.0 Å². The van der Waals surface area contributed by atoms with Gasteiger partial charge in [-0.05, 0) is 110 Å². The predicted molar refractivity (Wildman–Crippen MR) is 201 cm³/mol. The van der Waals surface area contributed by atoms with E-state index >= 15 is 0 Å². The lowest BCUT2D eigenvalue weighted by Crippen LogP contribution is -2.51. The molecule has 5 atom stereocenters. The fourth-order valence-corrected chi connectivity index (χ4v) is 15.2. The second-order valence-electron chi connectivity index (χ2n) is 16.4. The van der Waals surface area contributed by atoms with Crippen molar-refractivity contribution in [1.29, 1.82) is 0 Å². The number of benzene rings is 1. The molecule has 0 aliphatic heterocycles. The average Bonchev–Trinajstić information content (AvgIpc) is 2.97. The van der Waals surface area contributed by atoms with E-state index in [4.69, 9.17) is 18.3 Å². The van der Waals surface area contributed by atoms with E-state index in [9.17, 15) is 4.79 Å². The van der Waals surface area contributed by atoms with Gasteiger partial charge in [0.25, 0.3) is 0 Å². The molecule has 0 aromatic heterocycles. The van der Waals surface area contributed by atoms with E-state index in [0.717, 1.165) is 24.2 Å². The summed E-state index contributed by atoms with van der Waals surface area (Å²) in [6.07, 6.45) is 6.10. The lowest BCUT2D eigenvalue weighted by atomic mass is 9.65. The maximum absolute atomic E-state index is 14.3. The fraction of sp³-hybridized carbons (Fsp3) is 0.675. The molecule has 0 unspecified atom stereocenters. The van der Waals surface area contributed by atoms with Gasteiger partial charge in [0.1, 0.15) is 11.4 Å². The van der Waals surface area contributed by atoms with Crippen molar-refractivity contribution >= 4 is 22.4 Å². The van der Waals surface area contributed by atoms with Crippen LogP contribution in [0.2, 0.25) is 36.3 Å². The maximum atomic E-state index is 14.3. The van der Waals surface area contributed by atoms with E-state index in [1.165, 1.54) is 5.57 Å². The van der Waals surface area contributed by atoms with Crippen LogP contribution >= 0.6 is 0 Å². The summed E-state index contributed by atoms with van der Waals surface area (Å²) >= 11 is 0. The van der Waals surface area contributed by atoms with Crippen LogP contribution in [0.25, 0.3) is 0 Å². The number of carbonyl (C=O) groups excluding carboxylic acids is 1. The minimum atomic E-state index is -2.21. The molecule has 0 fully saturated rings. The minimum Gasteiger partial charge on any atom is -0.497 e. The quantitative estimate of drug-likeness (QED) is 0.0898. The Morgan fingerprint density at radius 1 is 0.936 bits per heavy atom. The molecule has 0 amide bonds. The van der Waals surface area contributed by atoms with Crippen LogP contribution in [0.3, 0.4) is 0 Å². The summed E-state index contributed by atoms with van der Waals surface area (Å²) in [4.78, 5) is 14.3. The summed E-state index contributed by atoms with van der Waals surface area (Å²) < 4.78 is 26.2. The van der Waals surface area contributed by atoms with E-state index in [0.29, 0.717) is 47.2 Å². The van der Waals surface area contributed by atoms with Gasteiger partial charge in [-0.25, -0.2) is 0 Å². The van der Waals surface area contributed by atoms with Gasteiger partial charge in [0.2, 0.25) is 14.1 Å². The van der Waals surface area contributed by atoms with Crippen molar-refractivity contribution in [3.8, 4) is 17.6 Å². The normalized spacial score (nSPS) is 26.9. The first kappa shape index (κ1) is 39.5. The van der Waals surface area contributed by atoms with Crippen molar-refractivity contribution in [2.75, 3.05) is 13.7 Å². The van der Waals surface area contributed by atoms with Crippen LogP contribution in [0.4, 0.5) is 0 Å². The Labute approximate surface area is 289 Å². The summed E-state index contributed by atoms with van der Waals surface area (Å²) in [6, 6.07) is 8.00. The molecule has 47 heavy (non-hydrogen) atoms. The maximum Gasteiger partial charge on any atom is 0.233 e. The molecule has 3 rings (SSSR count). The van der Waals surface area contributed by atoms with E-state index < -0.39 is 22.2 Å².